The minimum Gasteiger partial charge on any atom is -0.443 e. The fourth-order valence-electron chi connectivity index (χ4n) is 3.40. The first-order valence-corrected chi connectivity index (χ1v) is 9.08. The highest BCUT2D eigenvalue weighted by Gasteiger charge is 2.34. The molecule has 1 atom stereocenters. The molecule has 25 heavy (non-hydrogen) atoms. The summed E-state index contributed by atoms with van der Waals surface area (Å²) in [5.41, 5.74) is 0.485. The summed E-state index contributed by atoms with van der Waals surface area (Å²) in [7, 11) is 0. The van der Waals surface area contributed by atoms with Crippen LogP contribution in [-0.2, 0) is 9.53 Å². The summed E-state index contributed by atoms with van der Waals surface area (Å²) in [4.78, 5) is 31.8. The highest BCUT2D eigenvalue weighted by atomic mass is 16.6. The number of likely N-dealkylation sites (tertiary alicyclic amines) is 1. The van der Waals surface area contributed by atoms with Gasteiger partial charge in [-0.05, 0) is 64.5 Å². The van der Waals surface area contributed by atoms with Crippen LogP contribution in [0.2, 0.25) is 0 Å². The van der Waals surface area contributed by atoms with Crippen LogP contribution in [0.1, 0.15) is 64.5 Å². The molecule has 1 saturated carbocycles. The lowest BCUT2D eigenvalue weighted by molar-refractivity contribution is -0.118. The lowest BCUT2D eigenvalue weighted by Crippen LogP contribution is -2.47. The average Bonchev–Trinajstić information content (AvgIpc) is 2.97. The second-order valence-electron chi connectivity index (χ2n) is 7.89. The molecular weight excluding hydrogens is 318 g/mol. The summed E-state index contributed by atoms with van der Waals surface area (Å²) < 4.78 is 5.57. The van der Waals surface area contributed by atoms with Gasteiger partial charge in [0.1, 0.15) is 11.4 Å². The van der Waals surface area contributed by atoms with Crippen molar-refractivity contribution in [3.8, 4) is 0 Å². The third-order valence-electron chi connectivity index (χ3n) is 4.86. The number of carbonyl (C=O) groups is 2. The zero-order valence-electron chi connectivity index (χ0n) is 15.3. The van der Waals surface area contributed by atoms with Crippen LogP contribution < -0.4 is 4.90 Å². The summed E-state index contributed by atoms with van der Waals surface area (Å²) in [6.07, 6.45) is 7.40. The predicted molar refractivity (Wildman–Crippen MR) is 95.3 cm³/mol. The summed E-state index contributed by atoms with van der Waals surface area (Å²) in [6.45, 7) is 6.40. The molecule has 2 fully saturated rings. The first-order chi connectivity index (χ1) is 11.9. The number of nitrogens with zero attached hydrogens (tertiary/aromatic N) is 3. The molecule has 3 rings (SSSR count). The number of carbonyl (C=O) groups excluding carboxylic acids is 2. The number of aromatic nitrogens is 1. The normalized spacial score (nSPS) is 20.9. The number of anilines is 1. The van der Waals surface area contributed by atoms with Crippen LogP contribution in [0.5, 0.6) is 0 Å². The van der Waals surface area contributed by atoms with Gasteiger partial charge in [-0.1, -0.05) is 6.07 Å². The minimum atomic E-state index is -0.534. The van der Waals surface area contributed by atoms with Crippen molar-refractivity contribution < 1.29 is 14.3 Å². The maximum atomic E-state index is 12.6. The molecule has 0 bridgehead atoms. The Kier molecular flexibility index (Phi) is 4.97. The van der Waals surface area contributed by atoms with Gasteiger partial charge in [0, 0.05) is 18.8 Å². The average molecular weight is 345 g/mol. The van der Waals surface area contributed by atoms with E-state index in [0.29, 0.717) is 5.82 Å². The maximum Gasteiger partial charge on any atom is 0.416 e. The molecule has 6 nitrogen and oxygen atoms in total. The smallest absolute Gasteiger partial charge is 0.416 e. The van der Waals surface area contributed by atoms with Gasteiger partial charge in [-0.2, -0.15) is 0 Å². The van der Waals surface area contributed by atoms with Crippen LogP contribution in [0.15, 0.2) is 18.3 Å². The van der Waals surface area contributed by atoms with Gasteiger partial charge in [-0.25, -0.2) is 9.78 Å². The summed E-state index contributed by atoms with van der Waals surface area (Å²) in [6, 6.07) is 4.10. The number of pyridine rings is 1. The van der Waals surface area contributed by atoms with Crippen molar-refractivity contribution in [1.29, 1.82) is 0 Å². The van der Waals surface area contributed by atoms with Crippen molar-refractivity contribution in [2.24, 2.45) is 0 Å². The lowest BCUT2D eigenvalue weighted by atomic mass is 9.91. The van der Waals surface area contributed by atoms with E-state index in [1.807, 2.05) is 37.8 Å². The molecule has 1 saturated heterocycles. The predicted octanol–water partition coefficient (Wildman–Crippen LogP) is 3.67. The fraction of sp³-hybridized carbons (Fsp3) is 0.632. The van der Waals surface area contributed by atoms with Gasteiger partial charge in [0.2, 0.25) is 6.41 Å². The summed E-state index contributed by atoms with van der Waals surface area (Å²) >= 11 is 0. The molecule has 136 valence electrons. The Balaban J connectivity index is 1.79. The highest BCUT2D eigenvalue weighted by molar-refractivity contribution is 5.87. The Morgan fingerprint density at radius 2 is 2.04 bits per heavy atom. The fourth-order valence-corrected chi connectivity index (χ4v) is 3.40. The van der Waals surface area contributed by atoms with E-state index < -0.39 is 5.60 Å². The number of hydrogen-bond donors (Lipinski definition) is 0. The van der Waals surface area contributed by atoms with E-state index in [9.17, 15) is 9.59 Å². The van der Waals surface area contributed by atoms with E-state index in [-0.39, 0.29) is 18.2 Å². The molecule has 1 aliphatic heterocycles. The second-order valence-corrected chi connectivity index (χ2v) is 7.89. The third-order valence-corrected chi connectivity index (χ3v) is 4.86. The van der Waals surface area contributed by atoms with Gasteiger partial charge in [0.05, 0.1) is 6.04 Å². The zero-order chi connectivity index (χ0) is 18.0. The van der Waals surface area contributed by atoms with E-state index in [1.54, 1.807) is 11.1 Å². The van der Waals surface area contributed by atoms with Crippen LogP contribution in [0.25, 0.3) is 0 Å². The van der Waals surface area contributed by atoms with Crippen molar-refractivity contribution >= 4 is 18.3 Å². The van der Waals surface area contributed by atoms with E-state index in [2.05, 4.69) is 4.98 Å². The number of hydrogen-bond acceptors (Lipinski definition) is 4. The molecule has 0 N–H and O–H groups in total. The maximum absolute atomic E-state index is 12.6. The Bertz CT molecular complexity index is 620. The van der Waals surface area contributed by atoms with Crippen LogP contribution >= 0.6 is 0 Å². The molecule has 6 heteroatoms. The molecule has 1 aromatic rings. The van der Waals surface area contributed by atoms with E-state index in [1.165, 1.54) is 0 Å². The molecule has 2 amide bonds. The summed E-state index contributed by atoms with van der Waals surface area (Å²) in [5, 5.41) is 0. The number of ether oxygens (including phenoxy) is 1. The van der Waals surface area contributed by atoms with Crippen molar-refractivity contribution in [3.05, 3.63) is 23.9 Å². The monoisotopic (exact) mass is 345 g/mol. The molecule has 1 aromatic heterocycles. The molecule has 0 aromatic carbocycles. The van der Waals surface area contributed by atoms with Gasteiger partial charge < -0.3 is 9.64 Å². The van der Waals surface area contributed by atoms with Crippen molar-refractivity contribution in [3.63, 3.8) is 0 Å². The van der Waals surface area contributed by atoms with Gasteiger partial charge >= 0.3 is 6.09 Å². The quantitative estimate of drug-likeness (QED) is 0.781. The van der Waals surface area contributed by atoms with Crippen LogP contribution in [0, 0.1) is 0 Å². The highest BCUT2D eigenvalue weighted by Crippen LogP contribution is 2.33. The van der Waals surface area contributed by atoms with E-state index in [0.717, 1.165) is 50.6 Å². The molecule has 2 heterocycles. The van der Waals surface area contributed by atoms with Crippen LogP contribution in [0.4, 0.5) is 10.6 Å². The van der Waals surface area contributed by atoms with Gasteiger partial charge in [-0.15, -0.1) is 0 Å². The third kappa shape index (κ3) is 3.94. The zero-order valence-corrected chi connectivity index (χ0v) is 15.3. The Morgan fingerprint density at radius 1 is 1.28 bits per heavy atom. The largest absolute Gasteiger partial charge is 0.443 e. The minimum absolute atomic E-state index is 0.0951. The Morgan fingerprint density at radius 3 is 2.56 bits per heavy atom. The Labute approximate surface area is 149 Å². The van der Waals surface area contributed by atoms with Gasteiger partial charge in [0.15, 0.2) is 0 Å². The van der Waals surface area contributed by atoms with Gasteiger partial charge in [0.25, 0.3) is 0 Å². The number of rotatable bonds is 4. The second kappa shape index (κ2) is 7.02. The topological polar surface area (TPSA) is 62.7 Å². The van der Waals surface area contributed by atoms with Crippen molar-refractivity contribution in [2.45, 2.75) is 70.6 Å². The molecular formula is C19H27N3O3. The van der Waals surface area contributed by atoms with E-state index >= 15 is 0 Å². The van der Waals surface area contributed by atoms with Crippen LogP contribution in [-0.4, -0.2) is 40.6 Å². The summed E-state index contributed by atoms with van der Waals surface area (Å²) in [5.74, 6) is 0.623. The van der Waals surface area contributed by atoms with Crippen molar-refractivity contribution in [1.82, 2.24) is 9.88 Å². The van der Waals surface area contributed by atoms with Crippen molar-refractivity contribution in [2.75, 3.05) is 11.4 Å². The lowest BCUT2D eigenvalue weighted by Gasteiger charge is -2.37. The standard InChI is InChI=1S/C19H27N3O3/c1-19(2,3)25-18(24)22(15-6-4-7-15)17-10-9-14(12-20-17)16-8-5-11-21(16)13-23/h9-10,12-13,15-16H,4-8,11H2,1-3H3/t16-/m0/s1. The first kappa shape index (κ1) is 17.7. The molecule has 0 radical (unpaired) electrons. The van der Waals surface area contributed by atoms with E-state index in [4.69, 9.17) is 4.74 Å². The molecule has 1 aliphatic carbocycles. The van der Waals surface area contributed by atoms with Crippen LogP contribution in [0.3, 0.4) is 0 Å². The molecule has 0 spiro atoms. The SMILES string of the molecule is CC(C)(C)OC(=O)N(c1ccc([C@@H]2CCCN2C=O)cn1)C1CCC1. The first-order valence-electron chi connectivity index (χ1n) is 9.08. The Hall–Kier alpha value is -2.11. The number of amides is 2. The van der Waals surface area contributed by atoms with Gasteiger partial charge in [-0.3, -0.25) is 9.69 Å². The molecule has 2 aliphatic rings. The molecule has 0 unspecified atom stereocenters.